The molecule has 1 aliphatic heterocycles. The lowest BCUT2D eigenvalue weighted by atomic mass is 9.98. The molecule has 5 heteroatoms. The highest BCUT2D eigenvalue weighted by Gasteiger charge is 2.38. The van der Waals surface area contributed by atoms with E-state index in [4.69, 9.17) is 10.5 Å². The number of nitrogens with two attached hydrogens (primary N) is 1. The number of nitrogens with zero attached hydrogens (tertiary/aromatic N) is 1. The maximum absolute atomic E-state index is 12.3. The van der Waals surface area contributed by atoms with Crippen molar-refractivity contribution in [3.63, 3.8) is 0 Å². The summed E-state index contributed by atoms with van der Waals surface area (Å²) in [6.45, 7) is 5.73. The van der Waals surface area contributed by atoms with Gasteiger partial charge in [0, 0.05) is 12.2 Å². The van der Waals surface area contributed by atoms with E-state index in [1.807, 2.05) is 12.1 Å². The van der Waals surface area contributed by atoms with E-state index in [0.717, 1.165) is 5.56 Å². The second kappa shape index (κ2) is 5.15. The highest BCUT2D eigenvalue weighted by Crippen LogP contribution is 2.30. The number of hydrogen-bond acceptors (Lipinski definition) is 4. The second-order valence-corrected chi connectivity index (χ2v) is 5.98. The van der Waals surface area contributed by atoms with Crippen molar-refractivity contribution in [1.82, 2.24) is 4.90 Å². The number of carbonyl (C=O) groups is 2. The zero-order chi connectivity index (χ0) is 14.9. The predicted molar refractivity (Wildman–Crippen MR) is 76.2 cm³/mol. The number of rotatable bonds is 1. The van der Waals surface area contributed by atoms with Crippen LogP contribution in [0.1, 0.15) is 38.7 Å². The van der Waals surface area contributed by atoms with Crippen molar-refractivity contribution in [1.29, 1.82) is 0 Å². The van der Waals surface area contributed by atoms with Gasteiger partial charge in [0.15, 0.2) is 0 Å². The van der Waals surface area contributed by atoms with Crippen LogP contribution in [0.15, 0.2) is 24.3 Å². The fraction of sp³-hybridized carbons (Fsp3) is 0.467. The number of nitrogen functional groups attached to an aromatic ring is 1. The zero-order valence-corrected chi connectivity index (χ0v) is 12.1. The van der Waals surface area contributed by atoms with E-state index in [0.29, 0.717) is 18.7 Å². The van der Waals surface area contributed by atoms with Crippen LogP contribution in [0.25, 0.3) is 0 Å². The molecule has 0 spiro atoms. The third-order valence-corrected chi connectivity index (χ3v) is 3.16. The molecule has 2 rings (SSSR count). The third-order valence-electron chi connectivity index (χ3n) is 3.16. The fourth-order valence-corrected chi connectivity index (χ4v) is 2.22. The van der Waals surface area contributed by atoms with Crippen LogP contribution in [0, 0.1) is 0 Å². The number of anilines is 1. The molecule has 20 heavy (non-hydrogen) atoms. The van der Waals surface area contributed by atoms with Crippen LogP contribution in [0.2, 0.25) is 0 Å². The number of ether oxygens (including phenoxy) is 1. The first-order valence-corrected chi connectivity index (χ1v) is 6.68. The summed E-state index contributed by atoms with van der Waals surface area (Å²) in [5.41, 5.74) is 6.58. The molecule has 1 aromatic carbocycles. The molecule has 2 amide bonds. The molecule has 0 bridgehead atoms. The molecule has 1 fully saturated rings. The Morgan fingerprint density at radius 2 is 1.90 bits per heavy atom. The molecule has 5 nitrogen and oxygen atoms in total. The number of likely N-dealkylation sites (tertiary alicyclic amines) is 1. The summed E-state index contributed by atoms with van der Waals surface area (Å²) < 4.78 is 5.24. The van der Waals surface area contributed by atoms with Crippen molar-refractivity contribution < 1.29 is 14.3 Å². The van der Waals surface area contributed by atoms with Crippen LogP contribution >= 0.6 is 0 Å². The Labute approximate surface area is 118 Å². The Bertz CT molecular complexity index is 517. The molecule has 1 heterocycles. The van der Waals surface area contributed by atoms with Crippen LogP contribution in [-0.2, 0) is 9.53 Å². The molecule has 1 saturated heterocycles. The minimum absolute atomic E-state index is 0.205. The van der Waals surface area contributed by atoms with Gasteiger partial charge in [-0.1, -0.05) is 12.1 Å². The van der Waals surface area contributed by atoms with E-state index in [9.17, 15) is 9.59 Å². The molecule has 1 aromatic rings. The summed E-state index contributed by atoms with van der Waals surface area (Å²) in [7, 11) is 0. The van der Waals surface area contributed by atoms with Crippen molar-refractivity contribution in [3.05, 3.63) is 29.8 Å². The summed E-state index contributed by atoms with van der Waals surface area (Å²) in [5, 5.41) is 0. The van der Waals surface area contributed by atoms with Crippen LogP contribution in [0.4, 0.5) is 10.5 Å². The maximum Gasteiger partial charge on any atom is 0.417 e. The summed E-state index contributed by atoms with van der Waals surface area (Å²) in [6.07, 6.45) is 0.0441. The highest BCUT2D eigenvalue weighted by molar-refractivity contribution is 5.97. The number of amides is 2. The molecule has 1 unspecified atom stereocenters. The standard InChI is InChI=1S/C15H20N2O3/c1-15(2,3)20-14(19)17-9-8-12(13(17)18)10-4-6-11(16)7-5-10/h4-7,12H,8-9,16H2,1-3H3. The quantitative estimate of drug-likeness (QED) is 0.800. The molecule has 1 aliphatic rings. The van der Waals surface area contributed by atoms with Gasteiger partial charge in [0.2, 0.25) is 5.91 Å². The van der Waals surface area contributed by atoms with Gasteiger partial charge in [-0.05, 0) is 44.9 Å². The second-order valence-electron chi connectivity index (χ2n) is 5.98. The first-order chi connectivity index (χ1) is 9.28. The van der Waals surface area contributed by atoms with Gasteiger partial charge in [0.1, 0.15) is 5.60 Å². The van der Waals surface area contributed by atoms with Gasteiger partial charge in [0.05, 0.1) is 5.92 Å². The first-order valence-electron chi connectivity index (χ1n) is 6.68. The van der Waals surface area contributed by atoms with E-state index in [2.05, 4.69) is 0 Å². The normalized spacial score (nSPS) is 19.2. The van der Waals surface area contributed by atoms with Crippen molar-refractivity contribution in [3.8, 4) is 0 Å². The Kier molecular flexibility index (Phi) is 3.70. The summed E-state index contributed by atoms with van der Waals surface area (Å²) >= 11 is 0. The molecule has 0 radical (unpaired) electrons. The van der Waals surface area contributed by atoms with Gasteiger partial charge in [-0.3, -0.25) is 4.79 Å². The van der Waals surface area contributed by atoms with E-state index in [-0.39, 0.29) is 11.8 Å². The number of benzene rings is 1. The van der Waals surface area contributed by atoms with Crippen molar-refractivity contribution in [2.24, 2.45) is 0 Å². The minimum atomic E-state index is -0.601. The molecule has 0 aromatic heterocycles. The molecule has 1 atom stereocenters. The largest absolute Gasteiger partial charge is 0.443 e. The van der Waals surface area contributed by atoms with Gasteiger partial charge in [-0.25, -0.2) is 9.69 Å². The lowest BCUT2D eigenvalue weighted by Gasteiger charge is -2.23. The molecular formula is C15H20N2O3. The average molecular weight is 276 g/mol. The number of imide groups is 1. The third kappa shape index (κ3) is 3.10. The lowest BCUT2D eigenvalue weighted by Crippen LogP contribution is -2.38. The van der Waals surface area contributed by atoms with Crippen LogP contribution in [-0.4, -0.2) is 29.0 Å². The monoisotopic (exact) mass is 276 g/mol. The van der Waals surface area contributed by atoms with Gasteiger partial charge >= 0.3 is 6.09 Å². The Morgan fingerprint density at radius 1 is 1.30 bits per heavy atom. The SMILES string of the molecule is CC(C)(C)OC(=O)N1CCC(c2ccc(N)cc2)C1=O. The number of hydrogen-bond donors (Lipinski definition) is 1. The van der Waals surface area contributed by atoms with Crippen LogP contribution < -0.4 is 5.73 Å². The van der Waals surface area contributed by atoms with Gasteiger partial charge in [0.25, 0.3) is 0 Å². The summed E-state index contributed by atoms with van der Waals surface area (Å²) in [4.78, 5) is 25.5. The van der Waals surface area contributed by atoms with Crippen LogP contribution in [0.3, 0.4) is 0 Å². The molecular weight excluding hydrogens is 256 g/mol. The van der Waals surface area contributed by atoms with Crippen molar-refractivity contribution in [2.75, 3.05) is 12.3 Å². The molecule has 108 valence electrons. The first kappa shape index (κ1) is 14.4. The summed E-state index contributed by atoms with van der Waals surface area (Å²) in [5.74, 6) is -0.493. The zero-order valence-electron chi connectivity index (χ0n) is 12.1. The van der Waals surface area contributed by atoms with Gasteiger partial charge in [-0.2, -0.15) is 0 Å². The van der Waals surface area contributed by atoms with E-state index in [1.54, 1.807) is 32.9 Å². The fourth-order valence-electron chi connectivity index (χ4n) is 2.22. The summed E-state index contributed by atoms with van der Waals surface area (Å²) in [6, 6.07) is 7.19. The Hall–Kier alpha value is -2.04. The van der Waals surface area contributed by atoms with Gasteiger partial charge < -0.3 is 10.5 Å². The Balaban J connectivity index is 2.09. The molecule has 2 N–H and O–H groups in total. The van der Waals surface area contributed by atoms with Gasteiger partial charge in [-0.15, -0.1) is 0 Å². The predicted octanol–water partition coefficient (Wildman–Crippen LogP) is 2.52. The molecule has 0 saturated carbocycles. The molecule has 0 aliphatic carbocycles. The average Bonchev–Trinajstić information content (AvgIpc) is 2.70. The maximum atomic E-state index is 12.3. The van der Waals surface area contributed by atoms with E-state index in [1.165, 1.54) is 4.90 Å². The Morgan fingerprint density at radius 3 is 2.45 bits per heavy atom. The lowest BCUT2D eigenvalue weighted by molar-refractivity contribution is -0.128. The topological polar surface area (TPSA) is 72.6 Å². The highest BCUT2D eigenvalue weighted by atomic mass is 16.6. The van der Waals surface area contributed by atoms with E-state index >= 15 is 0 Å². The minimum Gasteiger partial charge on any atom is -0.443 e. The van der Waals surface area contributed by atoms with Crippen molar-refractivity contribution >= 4 is 17.7 Å². The smallest absolute Gasteiger partial charge is 0.417 e. The van der Waals surface area contributed by atoms with E-state index < -0.39 is 11.7 Å². The van der Waals surface area contributed by atoms with Crippen LogP contribution in [0.5, 0.6) is 0 Å². The van der Waals surface area contributed by atoms with Crippen molar-refractivity contribution in [2.45, 2.75) is 38.7 Å². The number of carbonyl (C=O) groups excluding carboxylic acids is 2.